The predicted molar refractivity (Wildman–Crippen MR) is 245 cm³/mol. The van der Waals surface area contributed by atoms with Crippen molar-refractivity contribution in [1.82, 2.24) is 20.3 Å². The van der Waals surface area contributed by atoms with Crippen molar-refractivity contribution in [2.45, 2.75) is 47.5 Å². The highest BCUT2D eigenvalue weighted by Crippen LogP contribution is 2.46. The van der Waals surface area contributed by atoms with E-state index in [2.05, 4.69) is 42.6 Å². The second-order valence-corrected chi connectivity index (χ2v) is 15.7. The van der Waals surface area contributed by atoms with Crippen LogP contribution in [0.25, 0.3) is 38.5 Å². The molecule has 7 rings (SSSR count). The molecular weight excluding hydrogens is 779 g/mol. The number of nitrogens with zero attached hydrogens (tertiary/aromatic N) is 4. The zero-order valence-electron chi connectivity index (χ0n) is 34.4. The smallest absolute Gasteiger partial charge is 0.260 e. The number of aromatic nitrogens is 3. The molecule has 4 heterocycles. The van der Waals surface area contributed by atoms with E-state index in [1.54, 1.807) is 54.6 Å². The maximum absolute atomic E-state index is 14.0. The van der Waals surface area contributed by atoms with E-state index in [0.717, 1.165) is 36.8 Å². The second kappa shape index (κ2) is 18.4. The van der Waals surface area contributed by atoms with Gasteiger partial charge in [-0.2, -0.15) is 0 Å². The number of amidine groups is 2. The Kier molecular flexibility index (Phi) is 13.2. The van der Waals surface area contributed by atoms with Crippen molar-refractivity contribution in [2.24, 2.45) is 15.9 Å². The summed E-state index contributed by atoms with van der Waals surface area (Å²) in [6.45, 7) is 20.2. The zero-order valence-corrected chi connectivity index (χ0v) is 36.0. The Labute approximate surface area is 352 Å². The molecule has 1 aliphatic heterocycles. The summed E-state index contributed by atoms with van der Waals surface area (Å²) >= 11 is 2.95. The molecule has 2 amide bonds. The molecule has 3 aromatic carbocycles. The maximum Gasteiger partial charge on any atom is 0.260 e. The summed E-state index contributed by atoms with van der Waals surface area (Å²) in [6, 6.07) is 22.0. The standard InChI is InChI=1S/C44H41N7O4S2.C2H6/c1-9-27-31(10-2)56-43(45-27)35-33(23(3)4)37(48-39(35)50-41(52)25-17-11-14-20-29(25)54-7)47-38-34(24(5)6)36(44-46-28-19-13-16-22-32(28)57-44)40(49-38)51-42(53)26-18-12-15-21-30(26)55-8;1-2/h9-24,49H,1-2H2,3-8H3,(H,51,53)(H,47,48,50,52);1-2H3. The van der Waals surface area contributed by atoms with Crippen LogP contribution in [0.2, 0.25) is 0 Å². The van der Waals surface area contributed by atoms with E-state index in [4.69, 9.17) is 29.4 Å². The molecule has 3 aromatic heterocycles. The number of hydrogen-bond donors (Lipinski definition) is 3. The molecule has 6 aromatic rings. The number of H-pyrrole nitrogens is 1. The summed E-state index contributed by atoms with van der Waals surface area (Å²) < 4.78 is 12.0. The Hall–Kier alpha value is -6.44. The Balaban J connectivity index is 0.00000288. The summed E-state index contributed by atoms with van der Waals surface area (Å²) in [7, 11) is 3.05. The van der Waals surface area contributed by atoms with Gasteiger partial charge in [-0.25, -0.2) is 20.0 Å². The van der Waals surface area contributed by atoms with Crippen LogP contribution in [-0.2, 0) is 0 Å². The number of methoxy groups -OCH3 is 2. The molecule has 302 valence electrons. The first-order valence-corrected chi connectivity index (χ1v) is 20.9. The van der Waals surface area contributed by atoms with Crippen molar-refractivity contribution in [1.29, 1.82) is 0 Å². The largest absolute Gasteiger partial charge is 0.496 e. The molecule has 0 saturated heterocycles. The van der Waals surface area contributed by atoms with Gasteiger partial charge in [0.2, 0.25) is 0 Å². The fourth-order valence-electron chi connectivity index (χ4n) is 6.72. The van der Waals surface area contributed by atoms with Crippen LogP contribution in [-0.4, -0.2) is 52.7 Å². The lowest BCUT2D eigenvalue weighted by Crippen LogP contribution is -2.31. The number of anilines is 1. The molecule has 0 atom stereocenters. The Bertz CT molecular complexity index is 2600. The van der Waals surface area contributed by atoms with Crippen LogP contribution in [0.3, 0.4) is 0 Å². The molecule has 0 bridgehead atoms. The lowest BCUT2D eigenvalue weighted by Gasteiger charge is -2.13. The van der Waals surface area contributed by atoms with Crippen molar-refractivity contribution >= 4 is 85.7 Å². The van der Waals surface area contributed by atoms with Crippen molar-refractivity contribution in [3.8, 4) is 22.1 Å². The number of aliphatic imine (C=N–C) groups is 2. The predicted octanol–water partition coefficient (Wildman–Crippen LogP) is 11.4. The van der Waals surface area contributed by atoms with Gasteiger partial charge in [0.1, 0.15) is 39.0 Å². The molecular formula is C46H47N7O4S2. The highest BCUT2D eigenvalue weighted by molar-refractivity contribution is 7.21. The van der Waals surface area contributed by atoms with E-state index in [0.29, 0.717) is 62.2 Å². The number of thiazole rings is 2. The van der Waals surface area contributed by atoms with Gasteiger partial charge in [-0.15, -0.1) is 22.7 Å². The summed E-state index contributed by atoms with van der Waals surface area (Å²) in [4.78, 5) is 52.4. The Morgan fingerprint density at radius 3 is 1.95 bits per heavy atom. The van der Waals surface area contributed by atoms with Gasteiger partial charge < -0.3 is 25.1 Å². The van der Waals surface area contributed by atoms with Crippen LogP contribution < -0.4 is 20.1 Å². The number of ether oxygens (including phenoxy) is 2. The van der Waals surface area contributed by atoms with E-state index < -0.39 is 5.91 Å². The lowest BCUT2D eigenvalue weighted by atomic mass is 9.97. The quantitative estimate of drug-likeness (QED) is 0.112. The molecule has 3 N–H and O–H groups in total. The number of carbonyl (C=O) groups excluding carboxylic acids is 2. The van der Waals surface area contributed by atoms with E-state index in [1.807, 2.05) is 58.0 Å². The van der Waals surface area contributed by atoms with E-state index in [1.165, 1.54) is 36.9 Å². The van der Waals surface area contributed by atoms with Crippen molar-refractivity contribution < 1.29 is 19.1 Å². The molecule has 0 fully saturated rings. The minimum absolute atomic E-state index is 0.0789. The Morgan fingerprint density at radius 1 is 0.780 bits per heavy atom. The average molecular weight is 826 g/mol. The fourth-order valence-corrected chi connectivity index (χ4v) is 8.73. The van der Waals surface area contributed by atoms with Gasteiger partial charge in [0.15, 0.2) is 5.84 Å². The zero-order chi connectivity index (χ0) is 42.4. The topological polar surface area (TPSA) is 143 Å². The highest BCUT2D eigenvalue weighted by Gasteiger charge is 2.34. The van der Waals surface area contributed by atoms with Crippen molar-refractivity contribution in [2.75, 3.05) is 19.5 Å². The number of aromatic amines is 1. The van der Waals surface area contributed by atoms with Crippen LogP contribution in [0, 0.1) is 5.92 Å². The highest BCUT2D eigenvalue weighted by atomic mass is 32.1. The minimum atomic E-state index is -0.403. The number of carbonyl (C=O) groups is 2. The number of amides is 2. The minimum Gasteiger partial charge on any atom is -0.496 e. The average Bonchev–Trinajstić information content (AvgIpc) is 4.03. The van der Waals surface area contributed by atoms with E-state index in [9.17, 15) is 9.59 Å². The van der Waals surface area contributed by atoms with Gasteiger partial charge in [-0.3, -0.25) is 9.59 Å². The number of fused-ring (bicyclic) bond motifs is 1. The van der Waals surface area contributed by atoms with Crippen LogP contribution in [0.5, 0.6) is 11.5 Å². The molecule has 0 saturated carbocycles. The third-order valence-corrected chi connectivity index (χ3v) is 11.4. The van der Waals surface area contributed by atoms with Gasteiger partial charge in [0.25, 0.3) is 11.8 Å². The monoisotopic (exact) mass is 825 g/mol. The third kappa shape index (κ3) is 8.43. The molecule has 1 aliphatic rings. The van der Waals surface area contributed by atoms with Crippen LogP contribution in [0.1, 0.15) is 89.3 Å². The SMILES string of the molecule is C=Cc1nc(C2=C(C(C)C)/C(=N/c3[nH]c(NC(=O)c4ccccc4OC)c(-c4nc5ccccc5s4)c3C(C)C)N=C2NC(=O)c2ccccc2OC)sc1C=C.CC. The Morgan fingerprint density at radius 2 is 1.39 bits per heavy atom. The summed E-state index contributed by atoms with van der Waals surface area (Å²) in [6.07, 6.45) is 3.42. The van der Waals surface area contributed by atoms with E-state index >= 15 is 0 Å². The molecule has 0 radical (unpaired) electrons. The number of rotatable bonds is 12. The van der Waals surface area contributed by atoms with Gasteiger partial charge in [-0.1, -0.05) is 91.1 Å². The molecule has 11 nitrogen and oxygen atoms in total. The first-order valence-electron chi connectivity index (χ1n) is 19.3. The van der Waals surface area contributed by atoms with E-state index in [-0.39, 0.29) is 17.7 Å². The second-order valence-electron chi connectivity index (χ2n) is 13.6. The third-order valence-electron chi connectivity index (χ3n) is 9.31. The molecule has 0 unspecified atom stereocenters. The van der Waals surface area contributed by atoms with Crippen molar-refractivity contribution in [3.05, 3.63) is 124 Å². The number of hydrogen-bond acceptors (Lipinski definition) is 9. The van der Waals surface area contributed by atoms with Gasteiger partial charge in [-0.05, 0) is 60.4 Å². The first kappa shape index (κ1) is 42.2. The van der Waals surface area contributed by atoms with Gasteiger partial charge in [0, 0.05) is 11.1 Å². The molecule has 59 heavy (non-hydrogen) atoms. The van der Waals surface area contributed by atoms with Gasteiger partial charge >= 0.3 is 0 Å². The summed E-state index contributed by atoms with van der Waals surface area (Å²) in [5, 5.41) is 7.52. The first-order chi connectivity index (χ1) is 28.6. The van der Waals surface area contributed by atoms with Crippen LogP contribution in [0.15, 0.2) is 102 Å². The summed E-state index contributed by atoms with van der Waals surface area (Å²) in [5.41, 5.74) is 5.20. The normalized spacial score (nSPS) is 13.1. The molecule has 13 heteroatoms. The van der Waals surface area contributed by atoms with Gasteiger partial charge in [0.05, 0.1) is 57.3 Å². The van der Waals surface area contributed by atoms with Crippen molar-refractivity contribution in [3.63, 3.8) is 0 Å². The molecule has 0 aliphatic carbocycles. The molecule has 0 spiro atoms. The maximum atomic E-state index is 14.0. The number of benzene rings is 3. The number of nitrogens with one attached hydrogen (secondary N) is 3. The van der Waals surface area contributed by atoms with Crippen LogP contribution >= 0.6 is 22.7 Å². The number of para-hydroxylation sites is 3. The lowest BCUT2D eigenvalue weighted by molar-refractivity contribution is 0.0973. The fraction of sp³-hybridized carbons (Fsp3) is 0.217. The summed E-state index contributed by atoms with van der Waals surface area (Å²) in [5.74, 6) is 1.50. The van der Waals surface area contributed by atoms with Crippen LogP contribution in [0.4, 0.5) is 11.6 Å².